The Balaban J connectivity index is 1.93. The molecule has 1 aromatic carbocycles. The number of aromatic nitrogens is 1. The Morgan fingerprint density at radius 3 is 2.54 bits per heavy atom. The first-order valence-corrected chi connectivity index (χ1v) is 9.46. The Morgan fingerprint density at radius 2 is 1.92 bits per heavy atom. The number of hydrogen-bond acceptors (Lipinski definition) is 4. The van der Waals surface area contributed by atoms with Crippen molar-refractivity contribution in [3.63, 3.8) is 0 Å². The number of carbonyl (C=O) groups excluding carboxylic acids is 1. The highest BCUT2D eigenvalue weighted by molar-refractivity contribution is 7.11. The van der Waals surface area contributed by atoms with Crippen molar-refractivity contribution in [2.45, 2.75) is 26.8 Å². The van der Waals surface area contributed by atoms with Crippen LogP contribution in [0.3, 0.4) is 0 Å². The van der Waals surface area contributed by atoms with Gasteiger partial charge in [0, 0.05) is 31.9 Å². The fraction of sp³-hybridized carbons (Fsp3) is 0.421. The van der Waals surface area contributed by atoms with Crippen molar-refractivity contribution in [1.82, 2.24) is 20.5 Å². The highest BCUT2D eigenvalue weighted by Gasteiger charge is 2.07. The van der Waals surface area contributed by atoms with Gasteiger partial charge in [0.2, 0.25) is 5.91 Å². The van der Waals surface area contributed by atoms with E-state index in [4.69, 9.17) is 0 Å². The van der Waals surface area contributed by atoms with Crippen molar-refractivity contribution in [2.75, 3.05) is 27.2 Å². The summed E-state index contributed by atoms with van der Waals surface area (Å²) in [5, 5.41) is 7.51. The van der Waals surface area contributed by atoms with Crippen molar-refractivity contribution in [2.24, 2.45) is 4.99 Å². The molecule has 140 valence electrons. The quantitative estimate of drug-likeness (QED) is 0.576. The maximum atomic E-state index is 11.8. The molecule has 0 spiro atoms. The molecule has 0 atom stereocenters. The van der Waals surface area contributed by atoms with Gasteiger partial charge < -0.3 is 15.5 Å². The van der Waals surface area contributed by atoms with Gasteiger partial charge in [-0.3, -0.25) is 4.79 Å². The van der Waals surface area contributed by atoms with Crippen LogP contribution in [0.25, 0.3) is 0 Å². The molecule has 1 amide bonds. The molecule has 0 aliphatic carbocycles. The fourth-order valence-corrected chi connectivity index (χ4v) is 3.11. The Morgan fingerprint density at radius 1 is 1.19 bits per heavy atom. The molecular formula is C19H27N5OS. The van der Waals surface area contributed by atoms with Gasteiger partial charge in [-0.25, -0.2) is 9.98 Å². The van der Waals surface area contributed by atoms with E-state index in [1.165, 1.54) is 4.88 Å². The first-order valence-electron chi connectivity index (χ1n) is 8.65. The van der Waals surface area contributed by atoms with E-state index in [-0.39, 0.29) is 12.5 Å². The van der Waals surface area contributed by atoms with Crippen LogP contribution < -0.4 is 10.6 Å². The Hall–Kier alpha value is -2.41. The Bertz CT molecular complexity index is 720. The van der Waals surface area contributed by atoms with Crippen LogP contribution in [0, 0.1) is 13.8 Å². The van der Waals surface area contributed by atoms with Crippen LogP contribution in [0.2, 0.25) is 0 Å². The van der Waals surface area contributed by atoms with E-state index < -0.39 is 0 Å². The third kappa shape index (κ3) is 6.48. The smallest absolute Gasteiger partial charge is 0.241 e. The standard InChI is InChI=1S/C19H27N5OS/c1-14-15(2)26-17(23-14)10-11-20-19(22-13-18(25)24(3)4)21-12-16-8-6-5-7-9-16/h5-9H,10-13H2,1-4H3,(H2,20,21,22). The van der Waals surface area contributed by atoms with E-state index >= 15 is 0 Å². The summed E-state index contributed by atoms with van der Waals surface area (Å²) >= 11 is 1.73. The van der Waals surface area contributed by atoms with Gasteiger partial charge in [0.05, 0.1) is 23.8 Å². The van der Waals surface area contributed by atoms with Crippen LogP contribution in [0.15, 0.2) is 35.3 Å². The lowest BCUT2D eigenvalue weighted by molar-refractivity contribution is -0.127. The van der Waals surface area contributed by atoms with E-state index in [1.54, 1.807) is 30.3 Å². The molecule has 0 aliphatic heterocycles. The summed E-state index contributed by atoms with van der Waals surface area (Å²) in [5.41, 5.74) is 2.22. The van der Waals surface area contributed by atoms with Crippen molar-refractivity contribution in [3.8, 4) is 0 Å². The highest BCUT2D eigenvalue weighted by Crippen LogP contribution is 2.16. The lowest BCUT2D eigenvalue weighted by Gasteiger charge is -2.14. The zero-order valence-corrected chi connectivity index (χ0v) is 16.7. The first-order chi connectivity index (χ1) is 12.5. The number of nitrogens with one attached hydrogen (secondary N) is 2. The molecule has 7 heteroatoms. The second kappa shape index (κ2) is 9.91. The van der Waals surface area contributed by atoms with Crippen molar-refractivity contribution in [3.05, 3.63) is 51.5 Å². The Labute approximate surface area is 159 Å². The van der Waals surface area contributed by atoms with Gasteiger partial charge in [-0.1, -0.05) is 30.3 Å². The van der Waals surface area contributed by atoms with Crippen molar-refractivity contribution in [1.29, 1.82) is 0 Å². The van der Waals surface area contributed by atoms with Crippen LogP contribution in [-0.2, 0) is 17.8 Å². The topological polar surface area (TPSA) is 69.6 Å². The van der Waals surface area contributed by atoms with Crippen molar-refractivity contribution < 1.29 is 4.79 Å². The number of rotatable bonds is 7. The van der Waals surface area contributed by atoms with E-state index in [9.17, 15) is 4.79 Å². The number of benzene rings is 1. The molecule has 1 aromatic heterocycles. The number of nitrogens with zero attached hydrogens (tertiary/aromatic N) is 3. The highest BCUT2D eigenvalue weighted by atomic mass is 32.1. The van der Waals surface area contributed by atoms with E-state index in [0.717, 1.165) is 22.7 Å². The number of hydrogen-bond donors (Lipinski definition) is 2. The average molecular weight is 374 g/mol. The number of likely N-dealkylation sites (N-methyl/N-ethyl adjacent to an activating group) is 1. The van der Waals surface area contributed by atoms with Gasteiger partial charge in [0.25, 0.3) is 0 Å². The molecule has 0 saturated carbocycles. The lowest BCUT2D eigenvalue weighted by Crippen LogP contribution is -2.43. The van der Waals surface area contributed by atoms with Gasteiger partial charge in [-0.05, 0) is 19.4 Å². The molecule has 0 unspecified atom stereocenters. The van der Waals surface area contributed by atoms with Crippen LogP contribution in [-0.4, -0.2) is 48.9 Å². The summed E-state index contributed by atoms with van der Waals surface area (Å²) in [7, 11) is 3.48. The number of amides is 1. The van der Waals surface area contributed by atoms with Gasteiger partial charge in [-0.2, -0.15) is 0 Å². The average Bonchev–Trinajstić information content (AvgIpc) is 2.95. The predicted molar refractivity (Wildman–Crippen MR) is 108 cm³/mol. The summed E-state index contributed by atoms with van der Waals surface area (Å²) in [6, 6.07) is 10.0. The summed E-state index contributed by atoms with van der Waals surface area (Å²) in [6.45, 7) is 5.60. The Kier molecular flexibility index (Phi) is 7.59. The largest absolute Gasteiger partial charge is 0.356 e. The maximum Gasteiger partial charge on any atom is 0.241 e. The van der Waals surface area contributed by atoms with Crippen molar-refractivity contribution >= 4 is 23.2 Å². The molecule has 6 nitrogen and oxygen atoms in total. The predicted octanol–water partition coefficient (Wildman–Crippen LogP) is 2.13. The fourth-order valence-electron chi connectivity index (χ4n) is 2.18. The van der Waals surface area contributed by atoms with Crippen LogP contribution in [0.4, 0.5) is 0 Å². The summed E-state index contributed by atoms with van der Waals surface area (Å²) in [4.78, 5) is 23.8. The molecule has 2 rings (SSSR count). The summed E-state index contributed by atoms with van der Waals surface area (Å²) in [5.74, 6) is 0.638. The van der Waals surface area contributed by atoms with Crippen LogP contribution in [0.1, 0.15) is 21.1 Å². The minimum absolute atomic E-state index is 0.00499. The molecule has 2 aromatic rings. The van der Waals surface area contributed by atoms with Crippen LogP contribution >= 0.6 is 11.3 Å². The minimum atomic E-state index is 0.00499. The normalized spacial score (nSPS) is 11.3. The molecule has 0 bridgehead atoms. The second-order valence-corrected chi connectivity index (χ2v) is 7.51. The molecule has 2 N–H and O–H groups in total. The molecule has 0 aliphatic rings. The third-order valence-corrected chi connectivity index (χ3v) is 5.01. The zero-order chi connectivity index (χ0) is 18.9. The van der Waals surface area contributed by atoms with Gasteiger partial charge in [0.1, 0.15) is 0 Å². The summed E-state index contributed by atoms with van der Waals surface area (Å²) in [6.07, 6.45) is 0.826. The van der Waals surface area contributed by atoms with E-state index in [1.807, 2.05) is 37.3 Å². The lowest BCUT2D eigenvalue weighted by atomic mass is 10.2. The third-order valence-electron chi connectivity index (χ3n) is 3.87. The monoisotopic (exact) mass is 373 g/mol. The van der Waals surface area contributed by atoms with Gasteiger partial charge >= 0.3 is 0 Å². The number of aryl methyl sites for hydroxylation is 2. The molecule has 0 saturated heterocycles. The SMILES string of the molecule is Cc1nc(CCNC(=NCc2ccccc2)NCC(=O)N(C)C)sc1C. The summed E-state index contributed by atoms with van der Waals surface area (Å²) < 4.78 is 0. The van der Waals surface area contributed by atoms with Crippen LogP contribution in [0.5, 0.6) is 0 Å². The second-order valence-electron chi connectivity index (χ2n) is 6.22. The van der Waals surface area contributed by atoms with E-state index in [2.05, 4.69) is 27.5 Å². The number of thiazole rings is 1. The van der Waals surface area contributed by atoms with Gasteiger partial charge in [-0.15, -0.1) is 11.3 Å². The van der Waals surface area contributed by atoms with Gasteiger partial charge in [0.15, 0.2) is 5.96 Å². The number of carbonyl (C=O) groups is 1. The molecule has 0 radical (unpaired) electrons. The molecule has 0 fully saturated rings. The first kappa shape index (κ1) is 19.9. The molecule has 1 heterocycles. The molecule has 26 heavy (non-hydrogen) atoms. The number of guanidine groups is 1. The molecular weight excluding hydrogens is 346 g/mol. The van der Waals surface area contributed by atoms with E-state index in [0.29, 0.717) is 19.0 Å². The number of aliphatic imine (C=N–C) groups is 1. The zero-order valence-electron chi connectivity index (χ0n) is 15.9. The minimum Gasteiger partial charge on any atom is -0.356 e. The maximum absolute atomic E-state index is 11.8.